The molecule has 4 nitrogen and oxygen atoms in total. The van der Waals surface area contributed by atoms with Gasteiger partial charge in [0.1, 0.15) is 11.6 Å². The SMILES string of the molecule is C=C(NCc1ccccc1OC(F)(F)P)NC(=NCC1CCCCC1)/C(C)=C\C. The number of hydrogen-bond acceptors (Lipinski definition) is 3. The number of halogens is 2. The maximum Gasteiger partial charge on any atom is 0.408 e. The average molecular weight is 423 g/mol. The van der Waals surface area contributed by atoms with Crippen LogP contribution in [0.2, 0.25) is 0 Å². The Hall–Kier alpha value is -1.94. The Labute approximate surface area is 175 Å². The van der Waals surface area contributed by atoms with Crippen molar-refractivity contribution in [2.75, 3.05) is 6.54 Å². The molecule has 0 spiro atoms. The van der Waals surface area contributed by atoms with Gasteiger partial charge in [0.15, 0.2) is 0 Å². The van der Waals surface area contributed by atoms with Gasteiger partial charge in [0.2, 0.25) is 0 Å². The lowest BCUT2D eigenvalue weighted by Crippen LogP contribution is -2.32. The summed E-state index contributed by atoms with van der Waals surface area (Å²) in [5.74, 6) is -1.20. The van der Waals surface area contributed by atoms with Crippen molar-refractivity contribution < 1.29 is 13.5 Å². The van der Waals surface area contributed by atoms with Crippen LogP contribution in [0.3, 0.4) is 0 Å². The molecule has 29 heavy (non-hydrogen) atoms. The van der Waals surface area contributed by atoms with Gasteiger partial charge in [-0.3, -0.25) is 4.99 Å². The lowest BCUT2D eigenvalue weighted by atomic mass is 9.89. The Morgan fingerprint density at radius 2 is 2.00 bits per heavy atom. The smallest absolute Gasteiger partial charge is 0.408 e. The molecule has 1 atom stereocenters. The fraction of sp³-hybridized carbons (Fsp3) is 0.500. The van der Waals surface area contributed by atoms with Crippen LogP contribution in [-0.4, -0.2) is 18.2 Å². The van der Waals surface area contributed by atoms with Gasteiger partial charge in [0.05, 0.1) is 5.82 Å². The molecule has 1 aromatic carbocycles. The molecule has 0 amide bonds. The molecular formula is C22H32F2N3OP. The van der Waals surface area contributed by atoms with Crippen molar-refractivity contribution in [2.45, 2.75) is 58.3 Å². The van der Waals surface area contributed by atoms with E-state index < -0.39 is 5.85 Å². The van der Waals surface area contributed by atoms with Gasteiger partial charge in [-0.05, 0) is 53.5 Å². The van der Waals surface area contributed by atoms with Crippen molar-refractivity contribution >= 4 is 15.1 Å². The largest absolute Gasteiger partial charge is 0.430 e. The molecule has 0 aromatic heterocycles. The third-order valence-electron chi connectivity index (χ3n) is 5.02. The monoisotopic (exact) mass is 423 g/mol. The van der Waals surface area contributed by atoms with Gasteiger partial charge < -0.3 is 15.4 Å². The molecule has 0 radical (unpaired) electrons. The van der Waals surface area contributed by atoms with E-state index in [0.717, 1.165) is 18.0 Å². The van der Waals surface area contributed by atoms with E-state index in [0.29, 0.717) is 23.8 Å². The molecule has 1 aliphatic carbocycles. The quantitative estimate of drug-likeness (QED) is 0.309. The Morgan fingerprint density at radius 1 is 1.31 bits per heavy atom. The van der Waals surface area contributed by atoms with Crippen LogP contribution in [0.4, 0.5) is 8.78 Å². The van der Waals surface area contributed by atoms with Gasteiger partial charge in [-0.25, -0.2) is 0 Å². The van der Waals surface area contributed by atoms with E-state index >= 15 is 0 Å². The predicted molar refractivity (Wildman–Crippen MR) is 119 cm³/mol. The summed E-state index contributed by atoms with van der Waals surface area (Å²) in [5, 5.41) is 6.36. The van der Waals surface area contributed by atoms with Crippen molar-refractivity contribution in [1.82, 2.24) is 10.6 Å². The second kappa shape index (κ2) is 11.3. The molecule has 0 saturated heterocycles. The molecule has 0 heterocycles. The molecule has 1 aliphatic rings. The first-order valence-corrected chi connectivity index (χ1v) is 10.7. The summed E-state index contributed by atoms with van der Waals surface area (Å²) >= 11 is 0. The molecule has 0 aliphatic heterocycles. The second-order valence-corrected chi connectivity index (χ2v) is 8.07. The zero-order valence-corrected chi connectivity index (χ0v) is 18.5. The van der Waals surface area contributed by atoms with E-state index in [4.69, 9.17) is 9.73 Å². The highest BCUT2D eigenvalue weighted by molar-refractivity contribution is 7.17. The van der Waals surface area contributed by atoms with Gasteiger partial charge in [-0.2, -0.15) is 8.78 Å². The fourth-order valence-electron chi connectivity index (χ4n) is 3.27. The summed E-state index contributed by atoms with van der Waals surface area (Å²) in [6, 6.07) is 6.70. The third-order valence-corrected chi connectivity index (χ3v) is 5.14. The van der Waals surface area contributed by atoms with Gasteiger partial charge in [-0.15, -0.1) is 0 Å². The number of benzene rings is 1. The zero-order chi connectivity index (χ0) is 21.3. The van der Waals surface area contributed by atoms with Crippen LogP contribution in [-0.2, 0) is 6.54 Å². The number of nitrogens with zero attached hydrogens (tertiary/aromatic N) is 1. The van der Waals surface area contributed by atoms with Crippen molar-refractivity contribution in [3.8, 4) is 5.75 Å². The Morgan fingerprint density at radius 3 is 2.66 bits per heavy atom. The molecule has 1 aromatic rings. The standard InChI is InChI=1S/C22H32F2N3OP/c1-4-16(2)21(26-14-18-10-6-5-7-11-18)27-17(3)25-15-19-12-8-9-13-20(19)28-22(23,24)29/h4,8-9,12-13,18,25H,3,5-7,10-11,14-15,29H2,1-2H3,(H,26,27)/b16-4-. The number of para-hydroxylation sites is 1. The molecule has 0 bridgehead atoms. The van der Waals surface area contributed by atoms with Crippen molar-refractivity contribution in [3.63, 3.8) is 0 Å². The van der Waals surface area contributed by atoms with E-state index in [-0.39, 0.29) is 5.75 Å². The first kappa shape index (κ1) is 23.3. The highest BCUT2D eigenvalue weighted by Crippen LogP contribution is 2.29. The van der Waals surface area contributed by atoms with Gasteiger partial charge in [0.25, 0.3) is 0 Å². The summed E-state index contributed by atoms with van der Waals surface area (Å²) in [6.45, 7) is 9.08. The summed E-state index contributed by atoms with van der Waals surface area (Å²) in [4.78, 5) is 4.79. The van der Waals surface area contributed by atoms with E-state index in [1.54, 1.807) is 18.2 Å². The van der Waals surface area contributed by atoms with Crippen molar-refractivity contribution in [1.29, 1.82) is 0 Å². The van der Waals surface area contributed by atoms with Gasteiger partial charge in [0, 0.05) is 18.7 Å². The van der Waals surface area contributed by atoms with Crippen LogP contribution < -0.4 is 15.4 Å². The lowest BCUT2D eigenvalue weighted by Gasteiger charge is -2.21. The number of hydrogen-bond donors (Lipinski definition) is 2. The molecule has 7 heteroatoms. The zero-order valence-electron chi connectivity index (χ0n) is 17.3. The first-order valence-electron chi connectivity index (χ1n) is 10.1. The van der Waals surface area contributed by atoms with E-state index in [1.807, 2.05) is 19.9 Å². The molecule has 1 saturated carbocycles. The van der Waals surface area contributed by atoms with Gasteiger partial charge in [-0.1, -0.05) is 50.1 Å². The van der Waals surface area contributed by atoms with E-state index in [1.165, 1.54) is 47.4 Å². The Bertz CT molecular complexity index is 738. The highest BCUT2D eigenvalue weighted by Gasteiger charge is 2.24. The minimum absolute atomic E-state index is 0.128. The minimum Gasteiger partial charge on any atom is -0.430 e. The lowest BCUT2D eigenvalue weighted by molar-refractivity contribution is -0.0897. The molecule has 1 fully saturated rings. The third kappa shape index (κ3) is 8.53. The minimum atomic E-state index is -3.31. The average Bonchev–Trinajstić information content (AvgIpc) is 2.69. The molecule has 1 unspecified atom stereocenters. The summed E-state index contributed by atoms with van der Waals surface area (Å²) in [5.41, 5.74) is 1.65. The maximum absolute atomic E-state index is 13.2. The van der Waals surface area contributed by atoms with Crippen molar-refractivity contribution in [2.24, 2.45) is 10.9 Å². The summed E-state index contributed by atoms with van der Waals surface area (Å²) in [7, 11) is 1.39. The Balaban J connectivity index is 1.96. The number of aliphatic imine (C=N–C) groups is 1. The summed E-state index contributed by atoms with van der Waals surface area (Å²) < 4.78 is 31.1. The summed E-state index contributed by atoms with van der Waals surface area (Å²) in [6.07, 6.45) is 8.38. The van der Waals surface area contributed by atoms with Crippen LogP contribution in [0.15, 0.2) is 53.3 Å². The van der Waals surface area contributed by atoms with Crippen LogP contribution in [0.1, 0.15) is 51.5 Å². The number of nitrogens with one attached hydrogen (secondary N) is 2. The number of ether oxygens (including phenoxy) is 1. The van der Waals surface area contributed by atoms with Gasteiger partial charge >= 0.3 is 5.85 Å². The van der Waals surface area contributed by atoms with Crippen LogP contribution in [0.25, 0.3) is 0 Å². The number of amidine groups is 1. The topological polar surface area (TPSA) is 45.6 Å². The normalized spacial score (nSPS) is 16.4. The Kier molecular flexibility index (Phi) is 9.09. The van der Waals surface area contributed by atoms with Crippen molar-refractivity contribution in [3.05, 3.63) is 53.9 Å². The van der Waals surface area contributed by atoms with Crippen LogP contribution >= 0.6 is 9.24 Å². The van der Waals surface area contributed by atoms with Crippen LogP contribution in [0.5, 0.6) is 5.75 Å². The van der Waals surface area contributed by atoms with Crippen LogP contribution in [0, 0.1) is 5.92 Å². The highest BCUT2D eigenvalue weighted by atomic mass is 31.0. The fourth-order valence-corrected chi connectivity index (χ4v) is 3.40. The second-order valence-electron chi connectivity index (χ2n) is 7.39. The van der Waals surface area contributed by atoms with E-state index in [2.05, 4.69) is 17.2 Å². The number of alkyl halides is 2. The van der Waals surface area contributed by atoms with E-state index in [9.17, 15) is 8.78 Å². The molecular weight excluding hydrogens is 391 g/mol. The maximum atomic E-state index is 13.2. The number of allylic oxidation sites excluding steroid dienone is 1. The molecule has 160 valence electrons. The molecule has 2 rings (SSSR count). The predicted octanol–water partition coefficient (Wildman–Crippen LogP) is 5.59. The number of rotatable bonds is 9. The molecule has 2 N–H and O–H groups in total. The first-order chi connectivity index (χ1) is 13.8.